The fourth-order valence-electron chi connectivity index (χ4n) is 1.95. The van der Waals surface area contributed by atoms with E-state index in [2.05, 4.69) is 15.0 Å². The van der Waals surface area contributed by atoms with Gasteiger partial charge in [-0.25, -0.2) is 4.98 Å². The minimum Gasteiger partial charge on any atom is -0.444 e. The Kier molecular flexibility index (Phi) is 5.37. The molecule has 0 saturated heterocycles. The molecule has 1 aliphatic carbocycles. The molecular formula is C13H24N4O3S. The summed E-state index contributed by atoms with van der Waals surface area (Å²) in [6, 6.07) is 0.161. The Bertz CT molecular complexity index is 554. The van der Waals surface area contributed by atoms with Crippen molar-refractivity contribution in [2.45, 2.75) is 45.2 Å². The van der Waals surface area contributed by atoms with Gasteiger partial charge < -0.3 is 9.73 Å². The van der Waals surface area contributed by atoms with E-state index < -0.39 is 16.3 Å². The van der Waals surface area contributed by atoms with Crippen molar-refractivity contribution in [3.63, 3.8) is 0 Å². The summed E-state index contributed by atoms with van der Waals surface area (Å²) in [5.74, 6) is 1.04. The number of nitrogens with one attached hydrogen (secondary N) is 2. The minimum absolute atomic E-state index is 0.375. The van der Waals surface area contributed by atoms with Gasteiger partial charge in [-0.3, -0.25) is 0 Å². The van der Waals surface area contributed by atoms with Crippen LogP contribution in [0.1, 0.15) is 43.9 Å². The molecule has 0 spiro atoms. The summed E-state index contributed by atoms with van der Waals surface area (Å²) in [5, 5.41) is 3.37. The van der Waals surface area contributed by atoms with Gasteiger partial charge in [-0.2, -0.15) is 17.4 Å². The summed E-state index contributed by atoms with van der Waals surface area (Å²) in [5.41, 5.74) is 0. The van der Waals surface area contributed by atoms with E-state index in [4.69, 9.17) is 4.42 Å². The van der Waals surface area contributed by atoms with Gasteiger partial charge in [-0.1, -0.05) is 0 Å². The maximum absolute atomic E-state index is 12.2. The van der Waals surface area contributed by atoms with Crippen molar-refractivity contribution >= 4 is 10.2 Å². The summed E-state index contributed by atoms with van der Waals surface area (Å²) < 4.78 is 33.6. The Morgan fingerprint density at radius 3 is 2.81 bits per heavy atom. The van der Waals surface area contributed by atoms with Crippen LogP contribution in [0.3, 0.4) is 0 Å². The molecule has 1 unspecified atom stereocenters. The number of hydrogen-bond acceptors (Lipinski definition) is 5. The average Bonchev–Trinajstić information content (AvgIpc) is 3.13. The molecule has 21 heavy (non-hydrogen) atoms. The van der Waals surface area contributed by atoms with Crippen molar-refractivity contribution in [2.24, 2.45) is 0 Å². The Labute approximate surface area is 126 Å². The van der Waals surface area contributed by atoms with Crippen LogP contribution in [0.15, 0.2) is 10.6 Å². The Morgan fingerprint density at radius 2 is 2.24 bits per heavy atom. The first-order valence-electron chi connectivity index (χ1n) is 7.28. The van der Waals surface area contributed by atoms with Crippen molar-refractivity contribution in [2.75, 3.05) is 20.1 Å². The number of nitrogens with zero attached hydrogens (tertiary/aromatic N) is 2. The Balaban J connectivity index is 1.78. The van der Waals surface area contributed by atoms with Crippen LogP contribution >= 0.6 is 0 Å². The summed E-state index contributed by atoms with van der Waals surface area (Å²) >= 11 is 0. The van der Waals surface area contributed by atoms with Crippen LogP contribution in [0.2, 0.25) is 0 Å². The van der Waals surface area contributed by atoms with Crippen molar-refractivity contribution in [3.05, 3.63) is 17.8 Å². The second kappa shape index (κ2) is 6.87. The molecule has 0 aromatic carbocycles. The van der Waals surface area contributed by atoms with E-state index in [1.807, 2.05) is 0 Å². The molecule has 1 aromatic heterocycles. The first-order chi connectivity index (χ1) is 9.88. The number of oxazole rings is 1. The van der Waals surface area contributed by atoms with E-state index in [-0.39, 0.29) is 0 Å². The quantitative estimate of drug-likeness (QED) is 0.662. The molecule has 2 N–H and O–H groups in total. The van der Waals surface area contributed by atoms with Crippen LogP contribution in [0.4, 0.5) is 0 Å². The maximum Gasteiger partial charge on any atom is 0.279 e. The van der Waals surface area contributed by atoms with Crippen molar-refractivity contribution < 1.29 is 12.8 Å². The van der Waals surface area contributed by atoms with E-state index in [1.54, 1.807) is 27.1 Å². The van der Waals surface area contributed by atoms with Crippen LogP contribution in [0.25, 0.3) is 0 Å². The van der Waals surface area contributed by atoms with Gasteiger partial charge in [0.1, 0.15) is 5.76 Å². The predicted octanol–water partition coefficient (Wildman–Crippen LogP) is 0.952. The van der Waals surface area contributed by atoms with Crippen LogP contribution in [0.5, 0.6) is 0 Å². The van der Waals surface area contributed by atoms with Gasteiger partial charge in [0.15, 0.2) is 0 Å². The van der Waals surface area contributed by atoms with Gasteiger partial charge in [0.2, 0.25) is 5.89 Å². The summed E-state index contributed by atoms with van der Waals surface area (Å²) in [6.07, 6.45) is 4.85. The number of aryl methyl sites for hydroxylation is 1. The molecule has 0 aliphatic heterocycles. The molecule has 1 aliphatic rings. The number of rotatable bonds is 9. The van der Waals surface area contributed by atoms with Crippen molar-refractivity contribution in [1.82, 2.24) is 19.3 Å². The highest BCUT2D eigenvalue weighted by molar-refractivity contribution is 7.87. The Morgan fingerprint density at radius 1 is 1.52 bits per heavy atom. The summed E-state index contributed by atoms with van der Waals surface area (Å²) in [4.78, 5) is 4.04. The highest BCUT2D eigenvalue weighted by Crippen LogP contribution is 2.18. The van der Waals surface area contributed by atoms with Gasteiger partial charge in [0, 0.05) is 19.6 Å². The third kappa shape index (κ3) is 5.06. The lowest BCUT2D eigenvalue weighted by molar-refractivity contribution is 0.405. The lowest BCUT2D eigenvalue weighted by atomic mass is 10.4. The third-order valence-corrected chi connectivity index (χ3v) is 5.06. The molecule has 2 rings (SSSR count). The highest BCUT2D eigenvalue weighted by Gasteiger charge is 2.24. The molecule has 7 nitrogen and oxygen atoms in total. The van der Waals surface area contributed by atoms with Gasteiger partial charge in [-0.15, -0.1) is 0 Å². The van der Waals surface area contributed by atoms with E-state index in [0.29, 0.717) is 24.2 Å². The maximum atomic E-state index is 12.2. The lowest BCUT2D eigenvalue weighted by Gasteiger charge is -2.19. The van der Waals surface area contributed by atoms with E-state index in [9.17, 15) is 8.42 Å². The van der Waals surface area contributed by atoms with Crippen LogP contribution < -0.4 is 10.0 Å². The van der Waals surface area contributed by atoms with Crippen LogP contribution in [-0.4, -0.2) is 43.9 Å². The standard InChI is InChI=1S/C13H24N4O3S/c1-10-9-15-13(20-10)11(2)16-21(18,19)17(3)8-4-7-14-12-5-6-12/h9,11-12,14,16H,4-8H2,1-3H3. The van der Waals surface area contributed by atoms with Crippen molar-refractivity contribution in [3.8, 4) is 0 Å². The zero-order chi connectivity index (χ0) is 15.5. The van der Waals surface area contributed by atoms with Crippen molar-refractivity contribution in [1.29, 1.82) is 0 Å². The zero-order valence-electron chi connectivity index (χ0n) is 12.8. The van der Waals surface area contributed by atoms with Gasteiger partial charge in [0.25, 0.3) is 10.2 Å². The van der Waals surface area contributed by atoms with E-state index in [0.717, 1.165) is 13.0 Å². The third-order valence-electron chi connectivity index (χ3n) is 3.41. The predicted molar refractivity (Wildman–Crippen MR) is 80.0 cm³/mol. The zero-order valence-corrected chi connectivity index (χ0v) is 13.6. The normalized spacial score (nSPS) is 17.3. The molecule has 1 heterocycles. The van der Waals surface area contributed by atoms with Gasteiger partial charge in [-0.05, 0) is 39.7 Å². The second-order valence-electron chi connectivity index (χ2n) is 5.56. The lowest BCUT2D eigenvalue weighted by Crippen LogP contribution is -2.40. The second-order valence-corrected chi connectivity index (χ2v) is 7.37. The number of hydrogen-bond donors (Lipinski definition) is 2. The van der Waals surface area contributed by atoms with Gasteiger partial charge >= 0.3 is 0 Å². The van der Waals surface area contributed by atoms with Gasteiger partial charge in [0.05, 0.1) is 12.2 Å². The minimum atomic E-state index is -3.53. The molecule has 0 bridgehead atoms. The molecule has 1 atom stereocenters. The largest absolute Gasteiger partial charge is 0.444 e. The van der Waals surface area contributed by atoms with Crippen LogP contribution in [-0.2, 0) is 10.2 Å². The SMILES string of the molecule is Cc1cnc(C(C)NS(=O)(=O)N(C)CCCNC2CC2)o1. The molecule has 1 aromatic rings. The van der Waals surface area contributed by atoms with Crippen LogP contribution in [0, 0.1) is 6.92 Å². The highest BCUT2D eigenvalue weighted by atomic mass is 32.2. The monoisotopic (exact) mass is 316 g/mol. The Hall–Kier alpha value is -0.960. The molecule has 0 amide bonds. The number of aromatic nitrogens is 1. The summed E-state index contributed by atoms with van der Waals surface area (Å²) in [7, 11) is -1.95. The average molecular weight is 316 g/mol. The summed E-state index contributed by atoms with van der Waals surface area (Å²) in [6.45, 7) is 4.81. The molecule has 1 fully saturated rings. The molecule has 120 valence electrons. The van der Waals surface area contributed by atoms with E-state index in [1.165, 1.54) is 17.1 Å². The molecular weight excluding hydrogens is 292 g/mol. The molecule has 8 heteroatoms. The molecule has 0 radical (unpaired) electrons. The first-order valence-corrected chi connectivity index (χ1v) is 8.72. The smallest absolute Gasteiger partial charge is 0.279 e. The first kappa shape index (κ1) is 16.4. The topological polar surface area (TPSA) is 87.5 Å². The van der Waals surface area contributed by atoms with E-state index >= 15 is 0 Å². The fourth-order valence-corrected chi connectivity index (χ4v) is 3.05. The molecule has 1 saturated carbocycles. The fraction of sp³-hybridized carbons (Fsp3) is 0.769.